The van der Waals surface area contributed by atoms with E-state index in [1.165, 1.54) is 7.11 Å². The van der Waals surface area contributed by atoms with Crippen LogP contribution in [0.1, 0.15) is 32.0 Å². The van der Waals surface area contributed by atoms with E-state index in [4.69, 9.17) is 9.47 Å². The number of aromatic nitrogens is 1. The van der Waals surface area contributed by atoms with Crippen LogP contribution in [0.5, 0.6) is 11.5 Å². The molecule has 0 fully saturated rings. The SMILES string of the molecule is COc1ccc(/C=C(/NC(=O)C(C)(C)C)C(=O)Nc2cccc(C)n2)cc1OC. The Labute approximate surface area is 171 Å². The zero-order chi connectivity index (χ0) is 21.6. The predicted molar refractivity (Wildman–Crippen MR) is 113 cm³/mol. The average Bonchev–Trinajstić information content (AvgIpc) is 2.66. The second-order valence-electron chi connectivity index (χ2n) is 7.49. The summed E-state index contributed by atoms with van der Waals surface area (Å²) in [5.74, 6) is 0.729. The van der Waals surface area contributed by atoms with Crippen LogP contribution in [0.2, 0.25) is 0 Å². The van der Waals surface area contributed by atoms with Crippen LogP contribution in [-0.4, -0.2) is 31.0 Å². The molecule has 2 aromatic rings. The highest BCUT2D eigenvalue weighted by Gasteiger charge is 2.24. The van der Waals surface area contributed by atoms with E-state index < -0.39 is 11.3 Å². The van der Waals surface area contributed by atoms with Crippen molar-refractivity contribution < 1.29 is 19.1 Å². The monoisotopic (exact) mass is 397 g/mol. The fourth-order valence-corrected chi connectivity index (χ4v) is 2.37. The second kappa shape index (κ2) is 9.23. The van der Waals surface area contributed by atoms with Gasteiger partial charge in [-0.05, 0) is 42.8 Å². The summed E-state index contributed by atoms with van der Waals surface area (Å²) in [7, 11) is 3.08. The van der Waals surface area contributed by atoms with Crippen molar-refractivity contribution in [3.8, 4) is 11.5 Å². The van der Waals surface area contributed by atoms with Gasteiger partial charge >= 0.3 is 0 Å². The number of nitrogens with zero attached hydrogens (tertiary/aromatic N) is 1. The molecule has 29 heavy (non-hydrogen) atoms. The van der Waals surface area contributed by atoms with E-state index in [-0.39, 0.29) is 11.6 Å². The molecule has 7 nitrogen and oxygen atoms in total. The zero-order valence-electron chi connectivity index (χ0n) is 17.6. The van der Waals surface area contributed by atoms with Crippen molar-refractivity contribution in [2.24, 2.45) is 5.41 Å². The smallest absolute Gasteiger partial charge is 0.273 e. The van der Waals surface area contributed by atoms with Gasteiger partial charge in [-0.15, -0.1) is 0 Å². The molecule has 0 bridgehead atoms. The molecule has 0 aliphatic rings. The summed E-state index contributed by atoms with van der Waals surface area (Å²) in [5, 5.41) is 5.44. The predicted octanol–water partition coefficient (Wildman–Crippen LogP) is 3.55. The number of carbonyl (C=O) groups is 2. The molecule has 1 heterocycles. The third kappa shape index (κ3) is 6.07. The van der Waals surface area contributed by atoms with Crippen molar-refractivity contribution in [1.82, 2.24) is 10.3 Å². The van der Waals surface area contributed by atoms with Crippen LogP contribution in [0.4, 0.5) is 5.82 Å². The molecule has 1 aromatic carbocycles. The van der Waals surface area contributed by atoms with E-state index in [2.05, 4.69) is 15.6 Å². The van der Waals surface area contributed by atoms with Crippen molar-refractivity contribution in [1.29, 1.82) is 0 Å². The van der Waals surface area contributed by atoms with E-state index >= 15 is 0 Å². The fourth-order valence-electron chi connectivity index (χ4n) is 2.37. The first-order valence-electron chi connectivity index (χ1n) is 9.14. The van der Waals surface area contributed by atoms with Crippen LogP contribution in [0.3, 0.4) is 0 Å². The highest BCUT2D eigenvalue weighted by atomic mass is 16.5. The van der Waals surface area contributed by atoms with Crippen molar-refractivity contribution >= 4 is 23.7 Å². The summed E-state index contributed by atoms with van der Waals surface area (Å²) in [4.78, 5) is 29.7. The van der Waals surface area contributed by atoms with Gasteiger partial charge in [0.2, 0.25) is 5.91 Å². The summed E-state index contributed by atoms with van der Waals surface area (Å²) in [5.41, 5.74) is 0.866. The molecule has 0 aliphatic carbocycles. The lowest BCUT2D eigenvalue weighted by molar-refractivity contribution is -0.128. The maximum Gasteiger partial charge on any atom is 0.273 e. The second-order valence-corrected chi connectivity index (χ2v) is 7.49. The molecule has 2 amide bonds. The van der Waals surface area contributed by atoms with Crippen LogP contribution in [0.15, 0.2) is 42.1 Å². The van der Waals surface area contributed by atoms with Gasteiger partial charge in [-0.1, -0.05) is 32.9 Å². The van der Waals surface area contributed by atoms with Crippen LogP contribution in [0, 0.1) is 12.3 Å². The first-order chi connectivity index (χ1) is 13.6. The van der Waals surface area contributed by atoms with Crippen LogP contribution in [0.25, 0.3) is 6.08 Å². The Hall–Kier alpha value is -3.35. The molecular formula is C22H27N3O4. The number of nitrogens with one attached hydrogen (secondary N) is 2. The van der Waals surface area contributed by atoms with Gasteiger partial charge in [-0.25, -0.2) is 4.98 Å². The minimum atomic E-state index is -0.668. The summed E-state index contributed by atoms with van der Waals surface area (Å²) in [6, 6.07) is 10.5. The molecule has 0 unspecified atom stereocenters. The number of rotatable bonds is 6. The highest BCUT2D eigenvalue weighted by molar-refractivity contribution is 6.08. The van der Waals surface area contributed by atoms with Gasteiger partial charge in [-0.3, -0.25) is 9.59 Å². The van der Waals surface area contributed by atoms with Crippen molar-refractivity contribution in [3.63, 3.8) is 0 Å². The fraction of sp³-hybridized carbons (Fsp3) is 0.318. The Kier molecular flexibility index (Phi) is 6.98. The Morgan fingerprint density at radius 3 is 2.31 bits per heavy atom. The number of methoxy groups -OCH3 is 2. The third-order valence-corrected chi connectivity index (χ3v) is 4.02. The van der Waals surface area contributed by atoms with Crippen LogP contribution < -0.4 is 20.1 Å². The molecule has 0 radical (unpaired) electrons. The lowest BCUT2D eigenvalue weighted by Crippen LogP contribution is -2.38. The van der Waals surface area contributed by atoms with E-state index in [0.717, 1.165) is 5.69 Å². The maximum atomic E-state index is 12.9. The first kappa shape index (κ1) is 21.9. The first-order valence-corrected chi connectivity index (χ1v) is 9.14. The summed E-state index contributed by atoms with van der Waals surface area (Å²) < 4.78 is 10.6. The van der Waals surface area contributed by atoms with Crippen molar-refractivity contribution in [2.75, 3.05) is 19.5 Å². The topological polar surface area (TPSA) is 89.5 Å². The van der Waals surface area contributed by atoms with Crippen molar-refractivity contribution in [3.05, 3.63) is 53.4 Å². The number of aryl methyl sites for hydroxylation is 1. The molecule has 0 spiro atoms. The molecule has 0 saturated carbocycles. The molecule has 2 rings (SSSR count). The average molecular weight is 397 g/mol. The standard InChI is InChI=1S/C22H27N3O4/c1-14-8-7-9-19(23-14)25-20(26)16(24-21(27)22(2,3)4)12-15-10-11-17(28-5)18(13-15)29-6/h7-13H,1-6H3,(H,24,27)(H,23,25,26)/b16-12+. The van der Waals surface area contributed by atoms with Gasteiger partial charge in [-0.2, -0.15) is 0 Å². The quantitative estimate of drug-likeness (QED) is 0.728. The van der Waals surface area contributed by atoms with Gasteiger partial charge in [0, 0.05) is 11.1 Å². The van der Waals surface area contributed by atoms with E-state index in [9.17, 15) is 9.59 Å². The number of amides is 2. The van der Waals surface area contributed by atoms with Gasteiger partial charge in [0.1, 0.15) is 11.5 Å². The number of benzene rings is 1. The van der Waals surface area contributed by atoms with Gasteiger partial charge in [0.05, 0.1) is 14.2 Å². The molecule has 0 aliphatic heterocycles. The molecule has 0 atom stereocenters. The van der Waals surface area contributed by atoms with Crippen LogP contribution >= 0.6 is 0 Å². The zero-order valence-corrected chi connectivity index (χ0v) is 17.6. The third-order valence-electron chi connectivity index (χ3n) is 4.02. The normalized spacial score (nSPS) is 11.6. The summed E-state index contributed by atoms with van der Waals surface area (Å²) in [6.07, 6.45) is 1.58. The number of ether oxygens (including phenoxy) is 2. The maximum absolute atomic E-state index is 12.9. The van der Waals surface area contributed by atoms with E-state index in [0.29, 0.717) is 22.9 Å². The largest absolute Gasteiger partial charge is 0.493 e. The minimum absolute atomic E-state index is 0.0976. The Morgan fingerprint density at radius 2 is 1.72 bits per heavy atom. The van der Waals surface area contributed by atoms with Gasteiger partial charge in [0.25, 0.3) is 5.91 Å². The number of carbonyl (C=O) groups excluding carboxylic acids is 2. The van der Waals surface area contributed by atoms with Crippen LogP contribution in [-0.2, 0) is 9.59 Å². The number of hydrogen-bond acceptors (Lipinski definition) is 5. The number of hydrogen-bond donors (Lipinski definition) is 2. The molecule has 1 aromatic heterocycles. The molecule has 7 heteroatoms. The van der Waals surface area contributed by atoms with Gasteiger partial charge in [0.15, 0.2) is 11.5 Å². The summed E-state index contributed by atoms with van der Waals surface area (Å²) >= 11 is 0. The Balaban J connectivity index is 2.39. The van der Waals surface area contributed by atoms with E-state index in [1.54, 1.807) is 64.3 Å². The lowest BCUT2D eigenvalue weighted by atomic mass is 9.95. The Bertz CT molecular complexity index is 930. The summed E-state index contributed by atoms with van der Waals surface area (Å²) in [6.45, 7) is 7.15. The Morgan fingerprint density at radius 1 is 1.03 bits per heavy atom. The van der Waals surface area contributed by atoms with E-state index in [1.807, 2.05) is 13.0 Å². The number of pyridine rings is 1. The lowest BCUT2D eigenvalue weighted by Gasteiger charge is -2.19. The van der Waals surface area contributed by atoms with Crippen molar-refractivity contribution in [2.45, 2.75) is 27.7 Å². The highest BCUT2D eigenvalue weighted by Crippen LogP contribution is 2.28. The minimum Gasteiger partial charge on any atom is -0.493 e. The number of anilines is 1. The molecule has 0 saturated heterocycles. The molecule has 154 valence electrons. The molecular weight excluding hydrogens is 370 g/mol. The molecule has 2 N–H and O–H groups in total. The van der Waals surface area contributed by atoms with Gasteiger partial charge < -0.3 is 20.1 Å².